The number of carbonyl (C=O) groups is 2. The Morgan fingerprint density at radius 2 is 1.62 bits per heavy atom. The number of methoxy groups -OCH3 is 1. The van der Waals surface area contributed by atoms with Gasteiger partial charge in [0.2, 0.25) is 5.91 Å². The third kappa shape index (κ3) is 4.16. The number of aliphatic imine (C=N–C) groups is 1. The summed E-state index contributed by atoms with van der Waals surface area (Å²) >= 11 is 0. The van der Waals surface area contributed by atoms with Gasteiger partial charge in [0.1, 0.15) is 17.3 Å². The van der Waals surface area contributed by atoms with Crippen LogP contribution in [0.4, 0.5) is 11.4 Å². The number of carbonyl (C=O) groups excluding carboxylic acids is 2. The molecule has 0 unspecified atom stereocenters. The maximum Gasteiger partial charge on any atom is 0.282 e. The minimum Gasteiger partial charge on any atom is -0.497 e. The predicted molar refractivity (Wildman–Crippen MR) is 127 cm³/mol. The predicted octanol–water partition coefficient (Wildman–Crippen LogP) is 4.51. The van der Waals surface area contributed by atoms with E-state index in [9.17, 15) is 9.59 Å². The molecule has 0 saturated heterocycles. The number of anilines is 2. The fraction of sp³-hybridized carbons (Fsp3) is 0.115. The lowest BCUT2D eigenvalue weighted by molar-refractivity contribution is -0.116. The summed E-state index contributed by atoms with van der Waals surface area (Å²) < 4.78 is 5.20. The first kappa shape index (κ1) is 21.1. The number of amidine groups is 1. The molecular weight excluding hydrogens is 402 g/mol. The van der Waals surface area contributed by atoms with E-state index in [0.29, 0.717) is 17.2 Å². The van der Waals surface area contributed by atoms with Crippen molar-refractivity contribution in [2.24, 2.45) is 4.99 Å². The highest BCUT2D eigenvalue weighted by Gasteiger charge is 2.32. The topological polar surface area (TPSA) is 62.2 Å². The Kier molecular flexibility index (Phi) is 5.85. The van der Waals surface area contributed by atoms with Crippen LogP contribution < -0.4 is 14.5 Å². The van der Waals surface area contributed by atoms with E-state index in [-0.39, 0.29) is 11.8 Å². The second-order valence-corrected chi connectivity index (χ2v) is 7.34. The third-order valence-corrected chi connectivity index (χ3v) is 5.28. The summed E-state index contributed by atoms with van der Waals surface area (Å²) in [5.74, 6) is 1.03. The van der Waals surface area contributed by atoms with E-state index in [1.807, 2.05) is 78.9 Å². The van der Waals surface area contributed by atoms with Crippen molar-refractivity contribution >= 4 is 35.1 Å². The van der Waals surface area contributed by atoms with Gasteiger partial charge in [-0.1, -0.05) is 42.5 Å². The number of benzene rings is 3. The molecular formula is C26H23N3O3. The molecule has 3 aromatic carbocycles. The van der Waals surface area contributed by atoms with E-state index >= 15 is 0 Å². The Bertz CT molecular complexity index is 1200. The molecule has 0 saturated carbocycles. The van der Waals surface area contributed by atoms with Crippen molar-refractivity contribution in [2.75, 3.05) is 24.0 Å². The van der Waals surface area contributed by atoms with Gasteiger partial charge in [-0.05, 0) is 48.0 Å². The van der Waals surface area contributed by atoms with Gasteiger partial charge >= 0.3 is 0 Å². The van der Waals surface area contributed by atoms with Gasteiger partial charge in [0.15, 0.2) is 0 Å². The van der Waals surface area contributed by atoms with Crippen molar-refractivity contribution < 1.29 is 14.3 Å². The summed E-state index contributed by atoms with van der Waals surface area (Å²) in [7, 11) is 3.33. The zero-order chi connectivity index (χ0) is 22.7. The van der Waals surface area contributed by atoms with Crippen LogP contribution in [-0.4, -0.2) is 31.8 Å². The number of hydrogen-bond donors (Lipinski definition) is 0. The highest BCUT2D eigenvalue weighted by Crippen LogP contribution is 2.29. The van der Waals surface area contributed by atoms with Crippen LogP contribution in [0.5, 0.6) is 5.75 Å². The van der Waals surface area contributed by atoms with Gasteiger partial charge in [-0.25, -0.2) is 4.99 Å². The average molecular weight is 425 g/mol. The molecule has 32 heavy (non-hydrogen) atoms. The molecule has 1 aliphatic rings. The zero-order valence-electron chi connectivity index (χ0n) is 18.1. The summed E-state index contributed by atoms with van der Waals surface area (Å²) in [6, 6.07) is 24.3. The second kappa shape index (κ2) is 8.89. The quantitative estimate of drug-likeness (QED) is 0.565. The summed E-state index contributed by atoms with van der Waals surface area (Å²) in [4.78, 5) is 32.9. The number of amides is 2. The Morgan fingerprint density at radius 1 is 0.969 bits per heavy atom. The van der Waals surface area contributed by atoms with Gasteiger partial charge in [0.25, 0.3) is 5.91 Å². The van der Waals surface area contributed by atoms with E-state index in [1.165, 1.54) is 6.92 Å². The molecule has 0 N–H and O–H groups in total. The second-order valence-electron chi connectivity index (χ2n) is 7.34. The third-order valence-electron chi connectivity index (χ3n) is 5.28. The Labute approximate surface area is 187 Å². The molecule has 0 aliphatic carbocycles. The highest BCUT2D eigenvalue weighted by molar-refractivity contribution is 6.33. The summed E-state index contributed by atoms with van der Waals surface area (Å²) in [6.45, 7) is 1.51. The van der Waals surface area contributed by atoms with Crippen LogP contribution in [0.3, 0.4) is 0 Å². The van der Waals surface area contributed by atoms with Crippen LogP contribution in [0.15, 0.2) is 89.6 Å². The number of ether oxygens (including phenoxy) is 1. The lowest BCUT2D eigenvalue weighted by atomic mass is 10.1. The van der Waals surface area contributed by atoms with E-state index in [0.717, 1.165) is 22.6 Å². The minimum absolute atomic E-state index is 0.0637. The van der Waals surface area contributed by atoms with Crippen LogP contribution >= 0.6 is 0 Å². The lowest BCUT2D eigenvalue weighted by Gasteiger charge is -2.20. The highest BCUT2D eigenvalue weighted by atomic mass is 16.5. The van der Waals surface area contributed by atoms with Crippen molar-refractivity contribution in [1.29, 1.82) is 0 Å². The van der Waals surface area contributed by atoms with Crippen molar-refractivity contribution in [2.45, 2.75) is 6.92 Å². The van der Waals surface area contributed by atoms with Crippen LogP contribution in [0.2, 0.25) is 0 Å². The molecule has 0 spiro atoms. The maximum absolute atomic E-state index is 13.4. The van der Waals surface area contributed by atoms with Crippen LogP contribution in [-0.2, 0) is 9.59 Å². The van der Waals surface area contributed by atoms with Crippen molar-refractivity contribution in [1.82, 2.24) is 0 Å². The standard InChI is InChI=1S/C26H23N3O3/c1-18(30)28(2)21-11-13-22(14-12-21)29-25(20-7-5-4-6-8-20)27-24(26(29)31)17-19-9-15-23(32-3)16-10-19/h4-17H,1-3H3. The van der Waals surface area contributed by atoms with Gasteiger partial charge in [-0.3, -0.25) is 14.5 Å². The zero-order valence-corrected chi connectivity index (χ0v) is 18.1. The van der Waals surface area contributed by atoms with Crippen molar-refractivity contribution in [3.8, 4) is 5.75 Å². The summed E-state index contributed by atoms with van der Waals surface area (Å²) in [5.41, 5.74) is 3.46. The Morgan fingerprint density at radius 3 is 2.22 bits per heavy atom. The first-order valence-electron chi connectivity index (χ1n) is 10.2. The van der Waals surface area contributed by atoms with E-state index in [4.69, 9.17) is 4.74 Å². The molecule has 3 aromatic rings. The molecule has 1 aliphatic heterocycles. The molecule has 160 valence electrons. The molecule has 6 nitrogen and oxygen atoms in total. The molecule has 0 fully saturated rings. The van der Waals surface area contributed by atoms with Crippen LogP contribution in [0.25, 0.3) is 6.08 Å². The monoisotopic (exact) mass is 425 g/mol. The lowest BCUT2D eigenvalue weighted by Crippen LogP contribution is -2.32. The first-order valence-corrected chi connectivity index (χ1v) is 10.2. The van der Waals surface area contributed by atoms with Crippen molar-refractivity contribution in [3.05, 3.63) is 95.7 Å². The molecule has 0 bridgehead atoms. The molecule has 6 heteroatoms. The maximum atomic E-state index is 13.4. The average Bonchev–Trinajstić information content (AvgIpc) is 3.15. The van der Waals surface area contributed by atoms with E-state index in [1.54, 1.807) is 30.0 Å². The summed E-state index contributed by atoms with van der Waals surface area (Å²) in [5, 5.41) is 0. The first-order chi connectivity index (χ1) is 15.5. The minimum atomic E-state index is -0.215. The van der Waals surface area contributed by atoms with Gasteiger partial charge < -0.3 is 9.64 Å². The molecule has 4 rings (SSSR count). The van der Waals surface area contributed by atoms with E-state index < -0.39 is 0 Å². The van der Waals surface area contributed by atoms with E-state index in [2.05, 4.69) is 4.99 Å². The fourth-order valence-corrected chi connectivity index (χ4v) is 3.40. The number of hydrogen-bond acceptors (Lipinski definition) is 4. The molecule has 0 atom stereocenters. The van der Waals surface area contributed by atoms with Crippen molar-refractivity contribution in [3.63, 3.8) is 0 Å². The van der Waals surface area contributed by atoms with Gasteiger partial charge in [-0.15, -0.1) is 0 Å². The van der Waals surface area contributed by atoms with Crippen LogP contribution in [0, 0.1) is 0 Å². The smallest absolute Gasteiger partial charge is 0.282 e. The number of rotatable bonds is 5. The Balaban J connectivity index is 1.73. The normalized spacial score (nSPS) is 14.5. The fourth-order valence-electron chi connectivity index (χ4n) is 3.40. The van der Waals surface area contributed by atoms with Crippen LogP contribution in [0.1, 0.15) is 18.1 Å². The largest absolute Gasteiger partial charge is 0.497 e. The SMILES string of the molecule is COc1ccc(C=C2N=C(c3ccccc3)N(c3ccc(N(C)C(C)=O)cc3)C2=O)cc1. The molecule has 0 aromatic heterocycles. The Hall–Kier alpha value is -4.19. The number of nitrogens with zero attached hydrogens (tertiary/aromatic N) is 3. The summed E-state index contributed by atoms with van der Waals surface area (Å²) in [6.07, 6.45) is 1.77. The molecule has 1 heterocycles. The van der Waals surface area contributed by atoms with Gasteiger partial charge in [0.05, 0.1) is 12.8 Å². The molecule has 0 radical (unpaired) electrons. The van der Waals surface area contributed by atoms with Gasteiger partial charge in [-0.2, -0.15) is 0 Å². The molecule has 2 amide bonds. The van der Waals surface area contributed by atoms with Gasteiger partial charge in [0, 0.05) is 25.2 Å².